The predicted molar refractivity (Wildman–Crippen MR) is 99.4 cm³/mol. The first-order valence-corrected chi connectivity index (χ1v) is 8.23. The molecule has 1 unspecified atom stereocenters. The van der Waals surface area contributed by atoms with Crippen molar-refractivity contribution in [2.75, 3.05) is 33.8 Å². The molecule has 1 aliphatic rings. The highest BCUT2D eigenvalue weighted by Gasteiger charge is 2.24. The van der Waals surface area contributed by atoms with Crippen LogP contribution in [-0.4, -0.2) is 48.8 Å². The summed E-state index contributed by atoms with van der Waals surface area (Å²) >= 11 is 3.46. The third kappa shape index (κ3) is 4.36. The first kappa shape index (κ1) is 18.9. The molecule has 0 aliphatic carbocycles. The van der Waals surface area contributed by atoms with Gasteiger partial charge in [0.15, 0.2) is 5.82 Å². The van der Waals surface area contributed by atoms with Crippen molar-refractivity contribution < 1.29 is 9.26 Å². The minimum Gasteiger partial charge on any atom is -0.496 e. The lowest BCUT2D eigenvalue weighted by molar-refractivity contribution is 0.190. The van der Waals surface area contributed by atoms with Gasteiger partial charge in [0.2, 0.25) is 0 Å². The Hall–Kier alpha value is -1.41. The van der Waals surface area contributed by atoms with Gasteiger partial charge in [-0.15, -0.1) is 12.4 Å². The summed E-state index contributed by atoms with van der Waals surface area (Å²) in [5.41, 5.74) is 0.943. The molecular weight excluding hydrogens is 396 g/mol. The number of benzene rings is 1. The largest absolute Gasteiger partial charge is 0.496 e. The highest BCUT2D eigenvalue weighted by atomic mass is 79.9. The van der Waals surface area contributed by atoms with Crippen LogP contribution in [-0.2, 0) is 0 Å². The average molecular weight is 416 g/mol. The maximum atomic E-state index is 5.35. The second-order valence-electron chi connectivity index (χ2n) is 5.41. The van der Waals surface area contributed by atoms with E-state index >= 15 is 0 Å². The first-order valence-electron chi connectivity index (χ1n) is 7.43. The molecule has 1 aromatic carbocycles. The standard InChI is InChI=1S/C16H19BrN4O2.ClH/c1-21-8-7-18-10-13(21)16-19-15(23-20-16)6-3-11-9-12(17)4-5-14(11)22-2;/h3-6,9,13,18H,7-8,10H2,1-2H3;1H/b6-3+;. The van der Waals surface area contributed by atoms with E-state index in [1.807, 2.05) is 24.3 Å². The summed E-state index contributed by atoms with van der Waals surface area (Å²) in [7, 11) is 3.72. The van der Waals surface area contributed by atoms with Crippen LogP contribution in [0.3, 0.4) is 0 Å². The van der Waals surface area contributed by atoms with Gasteiger partial charge in [0, 0.05) is 35.7 Å². The van der Waals surface area contributed by atoms with Crippen LogP contribution >= 0.6 is 28.3 Å². The normalized spacial score (nSPS) is 18.5. The Morgan fingerprint density at radius 3 is 3.00 bits per heavy atom. The molecule has 24 heavy (non-hydrogen) atoms. The van der Waals surface area contributed by atoms with Gasteiger partial charge in [-0.2, -0.15) is 4.98 Å². The van der Waals surface area contributed by atoms with Gasteiger partial charge in [-0.3, -0.25) is 4.90 Å². The van der Waals surface area contributed by atoms with Crippen molar-refractivity contribution in [2.24, 2.45) is 0 Å². The number of nitrogens with one attached hydrogen (secondary N) is 1. The van der Waals surface area contributed by atoms with Crippen LogP contribution in [0, 0.1) is 0 Å². The lowest BCUT2D eigenvalue weighted by Crippen LogP contribution is -2.44. The molecule has 0 saturated carbocycles. The van der Waals surface area contributed by atoms with Gasteiger partial charge in [0.1, 0.15) is 5.75 Å². The molecule has 2 aromatic rings. The van der Waals surface area contributed by atoms with Gasteiger partial charge < -0.3 is 14.6 Å². The fourth-order valence-corrected chi connectivity index (χ4v) is 2.92. The van der Waals surface area contributed by atoms with E-state index in [-0.39, 0.29) is 18.4 Å². The number of hydrogen-bond acceptors (Lipinski definition) is 6. The molecule has 1 aromatic heterocycles. The summed E-state index contributed by atoms with van der Waals surface area (Å²) in [6.45, 7) is 2.79. The zero-order valence-electron chi connectivity index (χ0n) is 13.5. The van der Waals surface area contributed by atoms with E-state index < -0.39 is 0 Å². The fourth-order valence-electron chi connectivity index (χ4n) is 2.54. The smallest absolute Gasteiger partial charge is 0.250 e. The lowest BCUT2D eigenvalue weighted by atomic mass is 10.2. The van der Waals surface area contributed by atoms with E-state index in [2.05, 4.69) is 43.3 Å². The van der Waals surface area contributed by atoms with Crippen molar-refractivity contribution in [2.45, 2.75) is 6.04 Å². The molecule has 1 aliphatic heterocycles. The Labute approximate surface area is 155 Å². The van der Waals surface area contributed by atoms with E-state index in [0.717, 1.165) is 35.4 Å². The molecule has 1 saturated heterocycles. The Bertz CT molecular complexity index is 707. The number of piperazine rings is 1. The van der Waals surface area contributed by atoms with Crippen molar-refractivity contribution in [3.8, 4) is 5.75 Å². The van der Waals surface area contributed by atoms with Crippen molar-refractivity contribution in [1.29, 1.82) is 0 Å². The van der Waals surface area contributed by atoms with Gasteiger partial charge in [0.25, 0.3) is 5.89 Å². The van der Waals surface area contributed by atoms with E-state index in [9.17, 15) is 0 Å². The first-order chi connectivity index (χ1) is 11.2. The highest BCUT2D eigenvalue weighted by Crippen LogP contribution is 2.25. The molecule has 130 valence electrons. The molecule has 0 amide bonds. The Balaban J connectivity index is 0.00000208. The monoisotopic (exact) mass is 414 g/mol. The van der Waals surface area contributed by atoms with Crippen LogP contribution in [0.1, 0.15) is 23.3 Å². The molecule has 6 nitrogen and oxygen atoms in total. The van der Waals surface area contributed by atoms with Crippen molar-refractivity contribution in [3.63, 3.8) is 0 Å². The quantitative estimate of drug-likeness (QED) is 0.828. The number of methoxy groups -OCH3 is 1. The SMILES string of the molecule is COc1ccc(Br)cc1/C=C/c1nc(C2CNCCN2C)no1.Cl. The topological polar surface area (TPSA) is 63.4 Å². The molecule has 3 rings (SSSR count). The summed E-state index contributed by atoms with van der Waals surface area (Å²) in [6, 6.07) is 5.97. The van der Waals surface area contributed by atoms with Gasteiger partial charge in [-0.1, -0.05) is 21.1 Å². The second-order valence-corrected chi connectivity index (χ2v) is 6.33. The van der Waals surface area contributed by atoms with Gasteiger partial charge >= 0.3 is 0 Å². The minimum absolute atomic E-state index is 0. The van der Waals surface area contributed by atoms with E-state index in [1.165, 1.54) is 0 Å². The van der Waals surface area contributed by atoms with Crippen LogP contribution in [0.25, 0.3) is 12.2 Å². The number of nitrogens with zero attached hydrogens (tertiary/aromatic N) is 3. The van der Waals surface area contributed by atoms with Crippen LogP contribution in [0.15, 0.2) is 27.2 Å². The molecule has 8 heteroatoms. The maximum absolute atomic E-state index is 5.35. The third-order valence-electron chi connectivity index (χ3n) is 3.86. The average Bonchev–Trinajstić information content (AvgIpc) is 3.02. The third-order valence-corrected chi connectivity index (χ3v) is 4.36. The number of halogens is 2. The molecule has 1 fully saturated rings. The minimum atomic E-state index is 0. The van der Waals surface area contributed by atoms with Crippen molar-refractivity contribution in [3.05, 3.63) is 40.0 Å². The molecule has 2 heterocycles. The summed E-state index contributed by atoms with van der Waals surface area (Å²) in [5, 5.41) is 7.45. The summed E-state index contributed by atoms with van der Waals surface area (Å²) in [5.74, 6) is 1.99. The summed E-state index contributed by atoms with van der Waals surface area (Å²) < 4.78 is 11.7. The zero-order valence-corrected chi connectivity index (χ0v) is 15.9. The Kier molecular flexibility index (Phi) is 6.79. The molecular formula is C16H20BrClN4O2. The number of hydrogen-bond donors (Lipinski definition) is 1. The summed E-state index contributed by atoms with van der Waals surface area (Å²) in [6.07, 6.45) is 3.71. The molecule has 0 bridgehead atoms. The lowest BCUT2D eigenvalue weighted by Gasteiger charge is -2.30. The van der Waals surface area contributed by atoms with E-state index in [4.69, 9.17) is 9.26 Å². The molecule has 1 atom stereocenters. The number of aromatic nitrogens is 2. The fraction of sp³-hybridized carbons (Fsp3) is 0.375. The second kappa shape index (κ2) is 8.62. The van der Waals surface area contributed by atoms with Gasteiger partial charge in [0.05, 0.1) is 13.2 Å². The highest BCUT2D eigenvalue weighted by molar-refractivity contribution is 9.10. The Morgan fingerprint density at radius 1 is 1.42 bits per heavy atom. The van der Waals surface area contributed by atoms with Gasteiger partial charge in [-0.25, -0.2) is 0 Å². The maximum Gasteiger partial charge on any atom is 0.250 e. The van der Waals surface area contributed by atoms with Crippen molar-refractivity contribution in [1.82, 2.24) is 20.4 Å². The van der Waals surface area contributed by atoms with Crippen LogP contribution in [0.2, 0.25) is 0 Å². The Morgan fingerprint density at radius 2 is 2.25 bits per heavy atom. The van der Waals surface area contributed by atoms with E-state index in [1.54, 1.807) is 13.2 Å². The molecule has 0 spiro atoms. The van der Waals surface area contributed by atoms with Gasteiger partial charge in [-0.05, 0) is 31.3 Å². The number of rotatable bonds is 4. The molecule has 1 N–H and O–H groups in total. The van der Waals surface area contributed by atoms with Crippen LogP contribution in [0.5, 0.6) is 5.75 Å². The number of likely N-dealkylation sites (N-methyl/N-ethyl adjacent to an activating group) is 1. The van der Waals surface area contributed by atoms with Crippen LogP contribution in [0.4, 0.5) is 0 Å². The van der Waals surface area contributed by atoms with Crippen LogP contribution < -0.4 is 10.1 Å². The number of ether oxygens (including phenoxy) is 1. The van der Waals surface area contributed by atoms with E-state index in [0.29, 0.717) is 11.7 Å². The summed E-state index contributed by atoms with van der Waals surface area (Å²) in [4.78, 5) is 6.71. The zero-order chi connectivity index (χ0) is 16.2. The molecule has 0 radical (unpaired) electrons. The van der Waals surface area contributed by atoms with Crippen molar-refractivity contribution >= 4 is 40.5 Å². The predicted octanol–water partition coefficient (Wildman–Crippen LogP) is 3.01.